The molecule has 3 heterocycles. The number of nitrogens with zero attached hydrogens (tertiary/aromatic N) is 2. The smallest absolute Gasteiger partial charge is 0.306 e. The minimum Gasteiger partial charge on any atom is -0.489 e. The standard InChI is InChI=1S/C35H38N2O4.2ClH/c38-35(14-9-21-37-19-7-2-8-20-37)41-34-24-30(22-26-10-3-1-4-11-26)40-33-23-29(17-18-31(33)34)39-25-28-16-15-27-12-5-6-13-32(27)36-28;;/h1,3-6,10-13,15-18,23,30,34H,2,7-9,14,19-22,24-25H2;2*1H. The van der Waals surface area contributed by atoms with Crippen LogP contribution < -0.4 is 9.47 Å². The van der Waals surface area contributed by atoms with Crippen molar-refractivity contribution < 1.29 is 19.0 Å². The van der Waals surface area contributed by atoms with E-state index in [-0.39, 0.29) is 43.0 Å². The molecule has 0 N–H and O–H groups in total. The lowest BCUT2D eigenvalue weighted by Gasteiger charge is -2.32. The van der Waals surface area contributed by atoms with Crippen molar-refractivity contribution >= 4 is 41.7 Å². The number of halogens is 2. The Kier molecular flexibility index (Phi) is 12.1. The largest absolute Gasteiger partial charge is 0.489 e. The third-order valence-electron chi connectivity index (χ3n) is 8.03. The number of hydrogen-bond donors (Lipinski definition) is 0. The molecule has 0 saturated carbocycles. The number of carbonyl (C=O) groups is 1. The van der Waals surface area contributed by atoms with Crippen LogP contribution in [-0.4, -0.2) is 41.6 Å². The van der Waals surface area contributed by atoms with Gasteiger partial charge in [-0.3, -0.25) is 4.79 Å². The summed E-state index contributed by atoms with van der Waals surface area (Å²) in [5.41, 5.74) is 3.91. The Morgan fingerprint density at radius 1 is 0.907 bits per heavy atom. The molecule has 2 aliphatic heterocycles. The van der Waals surface area contributed by atoms with Crippen molar-refractivity contribution in [2.75, 3.05) is 19.6 Å². The number of carbonyl (C=O) groups excluding carboxylic acids is 1. The second-order valence-electron chi connectivity index (χ2n) is 11.1. The van der Waals surface area contributed by atoms with Gasteiger partial charge >= 0.3 is 5.97 Å². The highest BCUT2D eigenvalue weighted by Gasteiger charge is 2.31. The first-order chi connectivity index (χ1) is 20.2. The van der Waals surface area contributed by atoms with Gasteiger partial charge in [0.1, 0.15) is 30.3 Å². The first kappa shape index (κ1) is 32.6. The Balaban J connectivity index is 0.00000212. The lowest BCUT2D eigenvalue weighted by molar-refractivity contribution is -0.152. The van der Waals surface area contributed by atoms with E-state index in [0.29, 0.717) is 30.9 Å². The molecule has 2 atom stereocenters. The first-order valence-corrected chi connectivity index (χ1v) is 14.9. The van der Waals surface area contributed by atoms with Crippen LogP contribution in [0.2, 0.25) is 0 Å². The van der Waals surface area contributed by atoms with E-state index in [2.05, 4.69) is 29.2 Å². The second-order valence-corrected chi connectivity index (χ2v) is 11.1. The van der Waals surface area contributed by atoms with Gasteiger partial charge in [-0.1, -0.05) is 61.0 Å². The second kappa shape index (κ2) is 15.9. The van der Waals surface area contributed by atoms with Gasteiger partial charge in [0.15, 0.2) is 0 Å². The molecule has 228 valence electrons. The average Bonchev–Trinajstić information content (AvgIpc) is 3.01. The SMILES string of the molecule is Cl.Cl.O=C(CCCN1CCCCC1)OC1CC(Cc2ccccc2)Oc2cc(OCc3ccc4ccccc4n3)ccc21. The number of para-hydroxylation sites is 1. The number of aromatic nitrogens is 1. The Hall–Kier alpha value is -3.32. The Morgan fingerprint density at radius 3 is 2.53 bits per heavy atom. The van der Waals surface area contributed by atoms with E-state index >= 15 is 0 Å². The zero-order valence-electron chi connectivity index (χ0n) is 24.4. The van der Waals surface area contributed by atoms with Crippen molar-refractivity contribution in [2.45, 2.75) is 63.8 Å². The van der Waals surface area contributed by atoms with Gasteiger partial charge in [0.2, 0.25) is 0 Å². The van der Waals surface area contributed by atoms with E-state index in [1.54, 1.807) is 0 Å². The van der Waals surface area contributed by atoms with E-state index in [9.17, 15) is 4.79 Å². The van der Waals surface area contributed by atoms with Crippen molar-refractivity contribution in [3.8, 4) is 11.5 Å². The summed E-state index contributed by atoms with van der Waals surface area (Å²) in [4.78, 5) is 20.1. The third kappa shape index (κ3) is 8.85. The van der Waals surface area contributed by atoms with Gasteiger partial charge in [-0.25, -0.2) is 4.98 Å². The number of rotatable bonds is 10. The number of piperidine rings is 1. The monoisotopic (exact) mass is 622 g/mol. The number of benzene rings is 3. The Labute approximate surface area is 266 Å². The number of pyridine rings is 1. The summed E-state index contributed by atoms with van der Waals surface area (Å²) in [6, 6.07) is 28.3. The summed E-state index contributed by atoms with van der Waals surface area (Å²) in [5.74, 6) is 1.28. The predicted octanol–water partition coefficient (Wildman–Crippen LogP) is 7.90. The fourth-order valence-electron chi connectivity index (χ4n) is 5.87. The summed E-state index contributed by atoms with van der Waals surface area (Å²) in [5, 5.41) is 1.11. The highest BCUT2D eigenvalue weighted by atomic mass is 35.5. The Bertz CT molecular complexity index is 1460. The van der Waals surface area contributed by atoms with Crippen molar-refractivity contribution in [2.24, 2.45) is 0 Å². The number of likely N-dealkylation sites (tertiary alicyclic amines) is 1. The number of fused-ring (bicyclic) bond motifs is 2. The van der Waals surface area contributed by atoms with E-state index in [0.717, 1.165) is 54.6 Å². The molecule has 1 aromatic heterocycles. The maximum atomic E-state index is 12.9. The number of hydrogen-bond acceptors (Lipinski definition) is 6. The molecule has 2 unspecified atom stereocenters. The summed E-state index contributed by atoms with van der Waals surface area (Å²) < 4.78 is 18.7. The van der Waals surface area contributed by atoms with Crippen molar-refractivity contribution in [3.63, 3.8) is 0 Å². The van der Waals surface area contributed by atoms with Crippen LogP contribution in [0.4, 0.5) is 0 Å². The van der Waals surface area contributed by atoms with Gasteiger partial charge in [-0.15, -0.1) is 24.8 Å². The maximum absolute atomic E-state index is 12.9. The molecular weight excluding hydrogens is 583 g/mol. The lowest BCUT2D eigenvalue weighted by Crippen LogP contribution is -2.31. The van der Waals surface area contributed by atoms with Gasteiger partial charge in [0.05, 0.1) is 11.2 Å². The molecule has 6 rings (SSSR count). The van der Waals surface area contributed by atoms with E-state index in [1.165, 1.54) is 24.8 Å². The molecule has 1 saturated heterocycles. The van der Waals surface area contributed by atoms with Gasteiger partial charge < -0.3 is 19.1 Å². The van der Waals surface area contributed by atoms with Crippen LogP contribution in [0.1, 0.15) is 61.4 Å². The molecule has 43 heavy (non-hydrogen) atoms. The predicted molar refractivity (Wildman–Crippen MR) is 175 cm³/mol. The molecule has 3 aromatic carbocycles. The molecule has 4 aromatic rings. The first-order valence-electron chi connectivity index (χ1n) is 14.9. The highest BCUT2D eigenvalue weighted by molar-refractivity contribution is 5.85. The molecule has 0 aliphatic carbocycles. The van der Waals surface area contributed by atoms with E-state index < -0.39 is 0 Å². The molecule has 0 bridgehead atoms. The zero-order chi connectivity index (χ0) is 27.9. The van der Waals surface area contributed by atoms with Crippen molar-refractivity contribution in [3.05, 3.63) is 102 Å². The molecule has 0 radical (unpaired) electrons. The molecule has 0 amide bonds. The molecule has 2 aliphatic rings. The van der Waals surface area contributed by atoms with Crippen LogP contribution >= 0.6 is 24.8 Å². The summed E-state index contributed by atoms with van der Waals surface area (Å²) in [6.45, 7) is 3.60. The molecule has 0 spiro atoms. The van der Waals surface area contributed by atoms with Crippen LogP contribution in [0.25, 0.3) is 10.9 Å². The zero-order valence-corrected chi connectivity index (χ0v) is 26.0. The van der Waals surface area contributed by atoms with Crippen LogP contribution in [-0.2, 0) is 22.6 Å². The quantitative estimate of drug-likeness (QED) is 0.168. The third-order valence-corrected chi connectivity index (χ3v) is 8.03. The summed E-state index contributed by atoms with van der Waals surface area (Å²) in [6.07, 6.45) is 6.03. The number of esters is 1. The van der Waals surface area contributed by atoms with Crippen LogP contribution in [0.3, 0.4) is 0 Å². The van der Waals surface area contributed by atoms with Crippen LogP contribution in [0.5, 0.6) is 11.5 Å². The van der Waals surface area contributed by atoms with Gasteiger partial charge in [0, 0.05) is 36.3 Å². The Morgan fingerprint density at radius 2 is 1.70 bits per heavy atom. The molecule has 8 heteroatoms. The van der Waals surface area contributed by atoms with E-state index in [4.69, 9.17) is 19.2 Å². The van der Waals surface area contributed by atoms with Crippen LogP contribution in [0, 0.1) is 0 Å². The lowest BCUT2D eigenvalue weighted by atomic mass is 9.95. The fourth-order valence-corrected chi connectivity index (χ4v) is 5.87. The van der Waals surface area contributed by atoms with Crippen molar-refractivity contribution in [1.82, 2.24) is 9.88 Å². The highest BCUT2D eigenvalue weighted by Crippen LogP contribution is 2.40. The maximum Gasteiger partial charge on any atom is 0.306 e. The van der Waals surface area contributed by atoms with Crippen LogP contribution in [0.15, 0.2) is 84.9 Å². The average molecular weight is 624 g/mol. The minimum atomic E-state index is -0.342. The summed E-state index contributed by atoms with van der Waals surface area (Å²) >= 11 is 0. The van der Waals surface area contributed by atoms with E-state index in [1.807, 2.05) is 60.7 Å². The topological polar surface area (TPSA) is 60.9 Å². The van der Waals surface area contributed by atoms with Gasteiger partial charge in [-0.2, -0.15) is 0 Å². The number of ether oxygens (including phenoxy) is 3. The minimum absolute atomic E-state index is 0. The van der Waals surface area contributed by atoms with Gasteiger partial charge in [-0.05, 0) is 68.7 Å². The summed E-state index contributed by atoms with van der Waals surface area (Å²) in [7, 11) is 0. The fraction of sp³-hybridized carbons (Fsp3) is 0.371. The van der Waals surface area contributed by atoms with Crippen molar-refractivity contribution in [1.29, 1.82) is 0 Å². The molecule has 1 fully saturated rings. The normalized spacial score (nSPS) is 18.0. The molecular formula is C35H40Cl2N2O4. The van der Waals surface area contributed by atoms with Gasteiger partial charge in [0.25, 0.3) is 0 Å². The molecule has 6 nitrogen and oxygen atoms in total.